The van der Waals surface area contributed by atoms with Gasteiger partial charge in [-0.15, -0.1) is 0 Å². The number of anilines is 2. The van der Waals surface area contributed by atoms with Crippen LogP contribution in [0.3, 0.4) is 0 Å². The van der Waals surface area contributed by atoms with Crippen LogP contribution in [0.2, 0.25) is 0 Å². The molecule has 1 aliphatic heterocycles. The molecule has 1 N–H and O–H groups in total. The van der Waals surface area contributed by atoms with Crippen LogP contribution < -0.4 is 5.32 Å². The molecule has 3 aromatic rings. The first-order chi connectivity index (χ1) is 12.9. The van der Waals surface area contributed by atoms with Gasteiger partial charge in [-0.1, -0.05) is 17.4 Å². The molecule has 0 saturated carbocycles. The quantitative estimate of drug-likeness (QED) is 0.653. The zero-order valence-electron chi connectivity index (χ0n) is 14.6. The Balaban J connectivity index is 1.49. The number of nitrogens with one attached hydrogen (secondary N) is 1. The highest BCUT2D eigenvalue weighted by molar-refractivity contribution is 7.22. The second-order valence-electron chi connectivity index (χ2n) is 6.77. The van der Waals surface area contributed by atoms with Crippen molar-refractivity contribution in [2.24, 2.45) is 0 Å². The van der Waals surface area contributed by atoms with Crippen LogP contribution in [-0.2, 0) is 13.0 Å². The number of thiazole rings is 1. The van der Waals surface area contributed by atoms with E-state index in [1.807, 2.05) is 12.1 Å². The van der Waals surface area contributed by atoms with E-state index in [1.54, 1.807) is 18.3 Å². The maximum absolute atomic E-state index is 12.6. The lowest BCUT2D eigenvalue weighted by Crippen LogP contribution is -2.18. The van der Waals surface area contributed by atoms with Gasteiger partial charge in [0.15, 0.2) is 5.13 Å². The number of benzene rings is 1. The Morgan fingerprint density at radius 2 is 1.89 bits per heavy atom. The molecule has 0 aliphatic carbocycles. The Labute approximate surface area is 159 Å². The van der Waals surface area contributed by atoms with Crippen LogP contribution in [0, 0.1) is 0 Å². The van der Waals surface area contributed by atoms with Gasteiger partial charge in [0.1, 0.15) is 5.82 Å². The molecule has 1 aromatic carbocycles. The van der Waals surface area contributed by atoms with Crippen LogP contribution in [0.15, 0.2) is 36.5 Å². The first-order valence-corrected chi connectivity index (χ1v) is 9.67. The highest BCUT2D eigenvalue weighted by Crippen LogP contribution is 2.30. The monoisotopic (exact) mass is 392 g/mol. The molecule has 2 aromatic heterocycles. The van der Waals surface area contributed by atoms with Crippen LogP contribution in [0.5, 0.6) is 0 Å². The number of alkyl halides is 3. The van der Waals surface area contributed by atoms with E-state index in [0.717, 1.165) is 24.3 Å². The minimum atomic E-state index is -4.21. The molecule has 0 amide bonds. The average molecular weight is 392 g/mol. The van der Waals surface area contributed by atoms with Crippen LogP contribution in [-0.4, -0.2) is 34.1 Å². The molecule has 0 radical (unpaired) electrons. The fraction of sp³-hybridized carbons (Fsp3) is 0.368. The summed E-state index contributed by atoms with van der Waals surface area (Å²) in [4.78, 5) is 11.2. The van der Waals surface area contributed by atoms with Gasteiger partial charge in [-0.25, -0.2) is 9.97 Å². The summed E-state index contributed by atoms with van der Waals surface area (Å²) in [6, 6.07) is 8.68. The SMILES string of the molecule is FC(F)(F)Cc1ccc2nc(Nc3cc(CN4CCCC4)ccn3)sc2c1. The van der Waals surface area contributed by atoms with Gasteiger partial charge in [0.05, 0.1) is 16.6 Å². The van der Waals surface area contributed by atoms with Gasteiger partial charge in [-0.3, -0.25) is 4.90 Å². The fourth-order valence-corrected chi connectivity index (χ4v) is 4.25. The molecule has 0 spiro atoms. The zero-order valence-corrected chi connectivity index (χ0v) is 15.4. The molecule has 4 nitrogen and oxygen atoms in total. The minimum absolute atomic E-state index is 0.246. The van der Waals surface area contributed by atoms with Gasteiger partial charge in [-0.05, 0) is 61.3 Å². The Morgan fingerprint density at radius 3 is 2.67 bits per heavy atom. The van der Waals surface area contributed by atoms with E-state index in [2.05, 4.69) is 20.2 Å². The number of fused-ring (bicyclic) bond motifs is 1. The fourth-order valence-electron chi connectivity index (χ4n) is 3.31. The lowest BCUT2D eigenvalue weighted by Gasteiger charge is -2.14. The molecule has 0 atom stereocenters. The van der Waals surface area contributed by atoms with Crippen molar-refractivity contribution in [3.63, 3.8) is 0 Å². The highest BCUT2D eigenvalue weighted by atomic mass is 32.1. The molecule has 1 fully saturated rings. The van der Waals surface area contributed by atoms with Crippen LogP contribution in [0.25, 0.3) is 10.2 Å². The lowest BCUT2D eigenvalue weighted by atomic mass is 10.1. The minimum Gasteiger partial charge on any atom is -0.316 e. The van der Waals surface area contributed by atoms with Crippen molar-refractivity contribution in [1.29, 1.82) is 0 Å². The highest BCUT2D eigenvalue weighted by Gasteiger charge is 2.27. The number of halogens is 3. The van der Waals surface area contributed by atoms with Crippen LogP contribution in [0.1, 0.15) is 24.0 Å². The van der Waals surface area contributed by atoms with Gasteiger partial charge in [0.25, 0.3) is 0 Å². The molecule has 0 bridgehead atoms. The Hall–Kier alpha value is -2.19. The standard InChI is InChI=1S/C19H19F3N4S/c20-19(21,22)11-13-3-4-15-16(9-13)27-18(24-15)25-17-10-14(5-6-23-17)12-26-7-1-2-8-26/h3-6,9-10H,1-2,7-8,11-12H2,(H,23,24,25). The van der Waals surface area contributed by atoms with Crippen molar-refractivity contribution in [3.8, 4) is 0 Å². The summed E-state index contributed by atoms with van der Waals surface area (Å²) in [5.74, 6) is 0.696. The third kappa shape index (κ3) is 4.75. The molecular weight excluding hydrogens is 373 g/mol. The molecule has 8 heteroatoms. The summed E-state index contributed by atoms with van der Waals surface area (Å²) in [6.45, 7) is 3.16. The van der Waals surface area contributed by atoms with E-state index < -0.39 is 12.6 Å². The lowest BCUT2D eigenvalue weighted by molar-refractivity contribution is -0.127. The van der Waals surface area contributed by atoms with E-state index in [0.29, 0.717) is 16.5 Å². The van der Waals surface area contributed by atoms with Crippen molar-refractivity contribution < 1.29 is 13.2 Å². The topological polar surface area (TPSA) is 41.1 Å². The molecule has 1 aliphatic rings. The molecule has 142 valence electrons. The number of hydrogen-bond acceptors (Lipinski definition) is 5. The Bertz CT molecular complexity index is 932. The van der Waals surface area contributed by atoms with Gasteiger partial charge in [0.2, 0.25) is 0 Å². The first kappa shape index (κ1) is 18.2. The predicted octanol–water partition coefficient (Wildman–Crippen LogP) is 5.14. The first-order valence-electron chi connectivity index (χ1n) is 8.85. The largest absolute Gasteiger partial charge is 0.393 e. The Kier molecular flexibility index (Phi) is 5.01. The van der Waals surface area contributed by atoms with Gasteiger partial charge in [0, 0.05) is 12.7 Å². The van der Waals surface area contributed by atoms with Crippen LogP contribution >= 0.6 is 11.3 Å². The van der Waals surface area contributed by atoms with Crippen molar-refractivity contribution >= 4 is 32.5 Å². The van der Waals surface area contributed by atoms with E-state index in [-0.39, 0.29) is 5.56 Å². The molecule has 0 unspecified atom stereocenters. The van der Waals surface area contributed by atoms with Crippen LogP contribution in [0.4, 0.5) is 24.1 Å². The van der Waals surface area contributed by atoms with E-state index in [4.69, 9.17) is 0 Å². The third-order valence-electron chi connectivity index (χ3n) is 4.52. The number of nitrogens with zero attached hydrogens (tertiary/aromatic N) is 3. The van der Waals surface area contributed by atoms with E-state index in [1.165, 1.54) is 35.8 Å². The summed E-state index contributed by atoms with van der Waals surface area (Å²) in [5, 5.41) is 3.81. The van der Waals surface area contributed by atoms with Gasteiger partial charge in [-0.2, -0.15) is 13.2 Å². The smallest absolute Gasteiger partial charge is 0.316 e. The molecule has 4 rings (SSSR count). The Morgan fingerprint density at radius 1 is 1.07 bits per heavy atom. The summed E-state index contributed by atoms with van der Waals surface area (Å²) in [5.41, 5.74) is 2.11. The maximum Gasteiger partial charge on any atom is 0.393 e. The predicted molar refractivity (Wildman–Crippen MR) is 101 cm³/mol. The second-order valence-corrected chi connectivity index (χ2v) is 7.80. The van der Waals surface area contributed by atoms with Crippen molar-refractivity contribution in [2.75, 3.05) is 18.4 Å². The van der Waals surface area contributed by atoms with E-state index >= 15 is 0 Å². The molecule has 27 heavy (non-hydrogen) atoms. The average Bonchev–Trinajstić information content (AvgIpc) is 3.22. The molecule has 1 saturated heterocycles. The molecular formula is C19H19F3N4S. The normalized spacial score (nSPS) is 15.5. The summed E-state index contributed by atoms with van der Waals surface area (Å²) in [7, 11) is 0. The van der Waals surface area contributed by atoms with Crippen molar-refractivity contribution in [1.82, 2.24) is 14.9 Å². The second kappa shape index (κ2) is 7.44. The number of hydrogen-bond donors (Lipinski definition) is 1. The van der Waals surface area contributed by atoms with Gasteiger partial charge >= 0.3 is 6.18 Å². The van der Waals surface area contributed by atoms with Crippen molar-refractivity contribution in [3.05, 3.63) is 47.7 Å². The van der Waals surface area contributed by atoms with Gasteiger partial charge < -0.3 is 5.32 Å². The summed E-state index contributed by atoms with van der Waals surface area (Å²) < 4.78 is 38.5. The van der Waals surface area contributed by atoms with E-state index in [9.17, 15) is 13.2 Å². The maximum atomic E-state index is 12.6. The number of likely N-dealkylation sites (tertiary alicyclic amines) is 1. The summed E-state index contributed by atoms with van der Waals surface area (Å²) >= 11 is 1.33. The third-order valence-corrected chi connectivity index (χ3v) is 5.46. The number of rotatable bonds is 5. The summed E-state index contributed by atoms with van der Waals surface area (Å²) in [6.07, 6.45) is -0.873. The number of aromatic nitrogens is 2. The number of pyridine rings is 1. The zero-order chi connectivity index (χ0) is 18.9. The van der Waals surface area contributed by atoms with Crippen molar-refractivity contribution in [2.45, 2.75) is 32.0 Å². The molecule has 3 heterocycles.